The van der Waals surface area contributed by atoms with Gasteiger partial charge in [0.2, 0.25) is 0 Å². The van der Waals surface area contributed by atoms with Gasteiger partial charge in [-0.3, -0.25) is 24.7 Å². The molecule has 0 fully saturated rings. The van der Waals surface area contributed by atoms with Crippen LogP contribution in [0.1, 0.15) is 24.0 Å². The average molecular weight is 381 g/mol. The Morgan fingerprint density at radius 1 is 1.25 bits per heavy atom. The first kappa shape index (κ1) is 19.2. The van der Waals surface area contributed by atoms with Gasteiger partial charge in [-0.2, -0.15) is 0 Å². The van der Waals surface area contributed by atoms with Crippen LogP contribution in [0.4, 0.5) is 11.4 Å². The van der Waals surface area contributed by atoms with Crippen LogP contribution in [0.5, 0.6) is 0 Å². The third kappa shape index (κ3) is 3.75. The SMILES string of the molecule is COC(=O)CC[C@@H]1N=C(c2ccccc2)c2cc([N+](=O)[O-])ccc2N(C)C1=O. The van der Waals surface area contributed by atoms with Gasteiger partial charge in [0, 0.05) is 36.7 Å². The second-order valence-corrected chi connectivity index (χ2v) is 6.33. The number of rotatable bonds is 5. The number of hydrogen-bond donors (Lipinski definition) is 0. The summed E-state index contributed by atoms with van der Waals surface area (Å²) in [5.74, 6) is -0.714. The first-order valence-electron chi connectivity index (χ1n) is 8.68. The number of nitro benzene ring substituents is 1. The molecule has 1 aliphatic rings. The molecule has 0 spiro atoms. The molecule has 2 aromatic carbocycles. The van der Waals surface area contributed by atoms with Crippen molar-refractivity contribution in [2.45, 2.75) is 18.9 Å². The van der Waals surface area contributed by atoms with Crippen LogP contribution in [-0.4, -0.2) is 42.7 Å². The molecule has 0 radical (unpaired) electrons. The van der Waals surface area contributed by atoms with Crippen molar-refractivity contribution in [3.63, 3.8) is 0 Å². The molecule has 8 nitrogen and oxygen atoms in total. The number of non-ortho nitro benzene ring substituents is 1. The first-order valence-corrected chi connectivity index (χ1v) is 8.68. The van der Waals surface area contributed by atoms with E-state index in [1.807, 2.05) is 30.3 Å². The van der Waals surface area contributed by atoms with E-state index in [-0.39, 0.29) is 24.4 Å². The van der Waals surface area contributed by atoms with Crippen LogP contribution in [0.25, 0.3) is 0 Å². The smallest absolute Gasteiger partial charge is 0.305 e. The van der Waals surface area contributed by atoms with E-state index >= 15 is 0 Å². The molecule has 28 heavy (non-hydrogen) atoms. The number of carbonyl (C=O) groups is 2. The molecule has 1 aliphatic heterocycles. The number of nitro groups is 1. The van der Waals surface area contributed by atoms with Crippen LogP contribution in [0.2, 0.25) is 0 Å². The Morgan fingerprint density at radius 3 is 2.61 bits per heavy atom. The summed E-state index contributed by atoms with van der Waals surface area (Å²) in [6.45, 7) is 0. The largest absolute Gasteiger partial charge is 0.469 e. The molecule has 0 saturated carbocycles. The van der Waals surface area contributed by atoms with Crippen molar-refractivity contribution >= 4 is 29.0 Å². The number of carbonyl (C=O) groups excluding carboxylic acids is 2. The zero-order chi connectivity index (χ0) is 20.3. The number of amides is 1. The highest BCUT2D eigenvalue weighted by atomic mass is 16.6. The van der Waals surface area contributed by atoms with Crippen LogP contribution in [0.15, 0.2) is 53.5 Å². The standard InChI is InChI=1S/C20H19N3O5/c1-22-17-10-8-14(23(26)27)12-15(17)19(13-6-4-3-5-7-13)21-16(20(22)25)9-11-18(24)28-2/h3-8,10,12,16H,9,11H2,1-2H3/t16-/m0/s1. The molecule has 0 aliphatic carbocycles. The fraction of sp³-hybridized carbons (Fsp3) is 0.250. The minimum absolute atomic E-state index is 0.0445. The van der Waals surface area contributed by atoms with Crippen molar-refractivity contribution in [3.8, 4) is 0 Å². The van der Waals surface area contributed by atoms with Gasteiger partial charge in [0.25, 0.3) is 11.6 Å². The third-order valence-corrected chi connectivity index (χ3v) is 4.60. The van der Waals surface area contributed by atoms with Gasteiger partial charge in [-0.05, 0) is 12.5 Å². The molecule has 0 aromatic heterocycles. The molecule has 0 bridgehead atoms. The lowest BCUT2D eigenvalue weighted by Gasteiger charge is -2.20. The Bertz CT molecular complexity index is 956. The molecular formula is C20H19N3O5. The maximum absolute atomic E-state index is 12.9. The number of benzene rings is 2. The van der Waals surface area contributed by atoms with E-state index in [4.69, 9.17) is 0 Å². The van der Waals surface area contributed by atoms with Crippen LogP contribution < -0.4 is 4.90 Å². The lowest BCUT2D eigenvalue weighted by atomic mass is 9.99. The number of esters is 1. The van der Waals surface area contributed by atoms with Gasteiger partial charge in [-0.25, -0.2) is 0 Å². The molecule has 1 heterocycles. The summed E-state index contributed by atoms with van der Waals surface area (Å²) < 4.78 is 4.66. The van der Waals surface area contributed by atoms with Crippen molar-refractivity contribution in [2.24, 2.45) is 4.99 Å². The molecule has 1 atom stereocenters. The van der Waals surface area contributed by atoms with Gasteiger partial charge in [-0.1, -0.05) is 30.3 Å². The number of fused-ring (bicyclic) bond motifs is 1. The van der Waals surface area contributed by atoms with E-state index in [2.05, 4.69) is 9.73 Å². The van der Waals surface area contributed by atoms with Crippen molar-refractivity contribution < 1.29 is 19.2 Å². The first-order chi connectivity index (χ1) is 13.4. The quantitative estimate of drug-likeness (QED) is 0.450. The molecule has 3 rings (SSSR count). The number of aliphatic imine (C=N–C) groups is 1. The number of methoxy groups -OCH3 is 1. The normalized spacial score (nSPS) is 16.1. The highest BCUT2D eigenvalue weighted by Crippen LogP contribution is 2.31. The second-order valence-electron chi connectivity index (χ2n) is 6.33. The van der Waals surface area contributed by atoms with Crippen LogP contribution in [-0.2, 0) is 14.3 Å². The summed E-state index contributed by atoms with van der Waals surface area (Å²) in [5.41, 5.74) is 2.15. The minimum Gasteiger partial charge on any atom is -0.469 e. The van der Waals surface area contributed by atoms with E-state index in [1.54, 1.807) is 13.1 Å². The van der Waals surface area contributed by atoms with E-state index in [9.17, 15) is 19.7 Å². The number of hydrogen-bond acceptors (Lipinski definition) is 6. The predicted octanol–water partition coefficient (Wildman–Crippen LogP) is 2.73. The summed E-state index contributed by atoms with van der Waals surface area (Å²) in [6, 6.07) is 12.7. The zero-order valence-corrected chi connectivity index (χ0v) is 15.5. The highest BCUT2D eigenvalue weighted by molar-refractivity contribution is 6.20. The van der Waals surface area contributed by atoms with E-state index in [1.165, 1.54) is 24.1 Å². The maximum Gasteiger partial charge on any atom is 0.305 e. The Kier molecular flexibility index (Phi) is 5.49. The summed E-state index contributed by atoms with van der Waals surface area (Å²) >= 11 is 0. The van der Waals surface area contributed by atoms with Gasteiger partial charge in [0.1, 0.15) is 6.04 Å². The molecule has 8 heteroatoms. The lowest BCUT2D eigenvalue weighted by molar-refractivity contribution is -0.384. The Hall–Kier alpha value is -3.55. The summed E-state index contributed by atoms with van der Waals surface area (Å²) in [6.07, 6.45) is 0.227. The predicted molar refractivity (Wildman–Crippen MR) is 104 cm³/mol. The van der Waals surface area contributed by atoms with Crippen molar-refractivity contribution in [3.05, 3.63) is 69.8 Å². The average Bonchev–Trinajstić information content (AvgIpc) is 2.82. The van der Waals surface area contributed by atoms with Crippen LogP contribution in [0, 0.1) is 10.1 Å². The number of ether oxygens (including phenoxy) is 1. The van der Waals surface area contributed by atoms with Gasteiger partial charge in [0.05, 0.1) is 23.4 Å². The molecule has 2 aromatic rings. The highest BCUT2D eigenvalue weighted by Gasteiger charge is 2.31. The summed E-state index contributed by atoms with van der Waals surface area (Å²) in [5, 5.41) is 11.3. The Balaban J connectivity index is 2.15. The summed E-state index contributed by atoms with van der Waals surface area (Å²) in [7, 11) is 2.89. The van der Waals surface area contributed by atoms with Gasteiger partial charge < -0.3 is 9.64 Å². The topological polar surface area (TPSA) is 102 Å². The van der Waals surface area contributed by atoms with Gasteiger partial charge in [0.15, 0.2) is 0 Å². The Labute approximate surface area is 161 Å². The number of benzodiazepines with no additional fused rings is 1. The van der Waals surface area contributed by atoms with Gasteiger partial charge >= 0.3 is 5.97 Å². The van der Waals surface area contributed by atoms with Gasteiger partial charge in [-0.15, -0.1) is 0 Å². The molecule has 1 amide bonds. The van der Waals surface area contributed by atoms with Crippen LogP contribution >= 0.6 is 0 Å². The van der Waals surface area contributed by atoms with E-state index < -0.39 is 16.9 Å². The van der Waals surface area contributed by atoms with E-state index in [0.717, 1.165) is 5.56 Å². The monoisotopic (exact) mass is 381 g/mol. The fourth-order valence-corrected chi connectivity index (χ4v) is 3.11. The third-order valence-electron chi connectivity index (χ3n) is 4.60. The van der Waals surface area contributed by atoms with Crippen LogP contribution in [0.3, 0.4) is 0 Å². The second kappa shape index (κ2) is 7.99. The maximum atomic E-state index is 12.9. The number of nitrogens with zero attached hydrogens (tertiary/aromatic N) is 3. The minimum atomic E-state index is -0.800. The fourth-order valence-electron chi connectivity index (χ4n) is 3.11. The molecule has 0 saturated heterocycles. The van der Waals surface area contributed by atoms with E-state index in [0.29, 0.717) is 17.0 Å². The molecule has 0 unspecified atom stereocenters. The lowest BCUT2D eigenvalue weighted by Crippen LogP contribution is -2.35. The van der Waals surface area contributed by atoms with Crippen molar-refractivity contribution in [1.82, 2.24) is 0 Å². The molecule has 0 N–H and O–H groups in total. The number of anilines is 1. The molecule has 144 valence electrons. The number of likely N-dealkylation sites (N-methyl/N-ethyl adjacent to an activating group) is 1. The Morgan fingerprint density at radius 2 is 1.96 bits per heavy atom. The molecular weight excluding hydrogens is 362 g/mol. The zero-order valence-electron chi connectivity index (χ0n) is 15.5. The van der Waals surface area contributed by atoms with Crippen molar-refractivity contribution in [1.29, 1.82) is 0 Å². The van der Waals surface area contributed by atoms with Crippen molar-refractivity contribution in [2.75, 3.05) is 19.1 Å². The summed E-state index contributed by atoms with van der Waals surface area (Å²) in [4.78, 5) is 41.3.